The quantitative estimate of drug-likeness (QED) is 0.544. The van der Waals surface area contributed by atoms with E-state index in [-0.39, 0.29) is 18.6 Å². The van der Waals surface area contributed by atoms with Gasteiger partial charge in [0.2, 0.25) is 5.91 Å². The van der Waals surface area contributed by atoms with Crippen LogP contribution < -0.4 is 10.2 Å². The topological polar surface area (TPSA) is 60.7 Å². The molecule has 1 aliphatic heterocycles. The van der Waals surface area contributed by atoms with Crippen LogP contribution in [0.25, 0.3) is 0 Å². The summed E-state index contributed by atoms with van der Waals surface area (Å²) in [6, 6.07) is 19.5. The third kappa shape index (κ3) is 5.71. The average molecular weight is 453 g/mol. The fourth-order valence-corrected chi connectivity index (χ4v) is 4.28. The van der Waals surface area contributed by atoms with Gasteiger partial charge in [-0.25, -0.2) is 0 Å². The van der Waals surface area contributed by atoms with Crippen molar-refractivity contribution in [3.05, 3.63) is 83.6 Å². The van der Waals surface area contributed by atoms with E-state index in [2.05, 4.69) is 27.2 Å². The van der Waals surface area contributed by atoms with Crippen molar-refractivity contribution in [2.24, 2.45) is 0 Å². The fourth-order valence-electron chi connectivity index (χ4n) is 4.15. The molecule has 0 saturated carbocycles. The molecule has 7 heteroatoms. The van der Waals surface area contributed by atoms with Gasteiger partial charge in [-0.2, -0.15) is 0 Å². The summed E-state index contributed by atoms with van der Waals surface area (Å²) < 4.78 is 2.04. The van der Waals surface area contributed by atoms with Crippen molar-refractivity contribution in [3.8, 4) is 0 Å². The second-order valence-corrected chi connectivity index (χ2v) is 8.49. The number of benzene rings is 2. The van der Waals surface area contributed by atoms with Gasteiger partial charge in [-0.1, -0.05) is 23.7 Å². The lowest BCUT2D eigenvalue weighted by molar-refractivity contribution is -0.116. The fraction of sp³-hybridized carbons (Fsp3) is 0.320. The molecule has 3 aromatic rings. The van der Waals surface area contributed by atoms with Crippen LogP contribution in [0, 0.1) is 0 Å². The van der Waals surface area contributed by atoms with Crippen molar-refractivity contribution in [1.82, 2.24) is 9.47 Å². The zero-order valence-electron chi connectivity index (χ0n) is 18.0. The largest absolute Gasteiger partial charge is 0.395 e. The maximum Gasteiger partial charge on any atom is 0.226 e. The van der Waals surface area contributed by atoms with Gasteiger partial charge in [0.25, 0.3) is 0 Å². The van der Waals surface area contributed by atoms with Gasteiger partial charge < -0.3 is 19.9 Å². The lowest BCUT2D eigenvalue weighted by Gasteiger charge is -2.35. The van der Waals surface area contributed by atoms with Gasteiger partial charge in [-0.15, -0.1) is 0 Å². The number of rotatable bonds is 8. The van der Waals surface area contributed by atoms with Gasteiger partial charge in [0.05, 0.1) is 19.1 Å². The summed E-state index contributed by atoms with van der Waals surface area (Å²) in [5, 5.41) is 12.8. The summed E-state index contributed by atoms with van der Waals surface area (Å²) in [6.07, 6.45) is 4.27. The monoisotopic (exact) mass is 452 g/mol. The third-order valence-electron chi connectivity index (χ3n) is 5.93. The molecular weight excluding hydrogens is 424 g/mol. The molecule has 0 radical (unpaired) electrons. The number of aliphatic hydroxyl groups excluding tert-OH is 1. The molecule has 1 amide bonds. The SMILES string of the molecule is O=C(CC(c1ccc(Cl)cc1)n1cccc1)Nc1ccc(N2CCN(CCO)CC2)cc1. The Morgan fingerprint density at radius 3 is 2.25 bits per heavy atom. The first-order valence-electron chi connectivity index (χ1n) is 11.0. The van der Waals surface area contributed by atoms with Crippen LogP contribution in [0.15, 0.2) is 73.1 Å². The number of aliphatic hydroxyl groups is 1. The van der Waals surface area contributed by atoms with Gasteiger partial charge in [-0.3, -0.25) is 9.69 Å². The summed E-state index contributed by atoms with van der Waals surface area (Å²) >= 11 is 6.04. The van der Waals surface area contributed by atoms with Crippen molar-refractivity contribution in [2.75, 3.05) is 49.5 Å². The van der Waals surface area contributed by atoms with Crippen LogP contribution in [0.4, 0.5) is 11.4 Å². The van der Waals surface area contributed by atoms with Crippen molar-refractivity contribution in [1.29, 1.82) is 0 Å². The number of halogens is 1. The lowest BCUT2D eigenvalue weighted by atomic mass is 10.0. The first-order chi connectivity index (χ1) is 15.6. The highest BCUT2D eigenvalue weighted by atomic mass is 35.5. The lowest BCUT2D eigenvalue weighted by Crippen LogP contribution is -2.47. The van der Waals surface area contributed by atoms with Gasteiger partial charge in [0.1, 0.15) is 0 Å². The molecule has 0 spiro atoms. The zero-order valence-corrected chi connectivity index (χ0v) is 18.8. The number of aromatic nitrogens is 1. The normalized spacial score (nSPS) is 15.5. The molecule has 2 heterocycles. The minimum Gasteiger partial charge on any atom is -0.395 e. The number of piperazine rings is 1. The van der Waals surface area contributed by atoms with Gasteiger partial charge in [0, 0.05) is 61.5 Å². The minimum absolute atomic E-state index is 0.0379. The molecule has 0 aliphatic carbocycles. The average Bonchev–Trinajstić information content (AvgIpc) is 3.34. The summed E-state index contributed by atoms with van der Waals surface area (Å²) in [5.41, 5.74) is 2.98. The smallest absolute Gasteiger partial charge is 0.226 e. The molecule has 0 bridgehead atoms. The molecule has 1 unspecified atom stereocenters. The van der Waals surface area contributed by atoms with Crippen molar-refractivity contribution in [2.45, 2.75) is 12.5 Å². The molecule has 2 aromatic carbocycles. The Kier molecular flexibility index (Phi) is 7.47. The van der Waals surface area contributed by atoms with E-state index in [9.17, 15) is 4.79 Å². The maximum atomic E-state index is 12.9. The molecule has 2 N–H and O–H groups in total. The van der Waals surface area contributed by atoms with Gasteiger partial charge in [-0.05, 0) is 54.1 Å². The van der Waals surface area contributed by atoms with E-state index in [0.29, 0.717) is 11.4 Å². The number of amides is 1. The standard InChI is InChI=1S/C25H29ClN4O2/c26-21-5-3-20(4-6-21)24(30-11-1-2-12-30)19-25(32)27-22-7-9-23(10-8-22)29-15-13-28(14-16-29)17-18-31/h1-12,24,31H,13-19H2,(H,27,32). The number of carbonyl (C=O) groups excluding carboxylic acids is 1. The van der Waals surface area contributed by atoms with Crippen LogP contribution in [0.2, 0.25) is 5.02 Å². The molecule has 168 valence electrons. The predicted octanol–water partition coefficient (Wildman–Crippen LogP) is 3.87. The van der Waals surface area contributed by atoms with Gasteiger partial charge >= 0.3 is 0 Å². The maximum absolute atomic E-state index is 12.9. The molecule has 1 fully saturated rings. The van der Waals surface area contributed by atoms with Crippen LogP contribution in [0.5, 0.6) is 0 Å². The summed E-state index contributed by atoms with van der Waals surface area (Å²) in [6.45, 7) is 4.71. The number of hydrogen-bond donors (Lipinski definition) is 2. The van der Waals surface area contributed by atoms with Crippen LogP contribution in [-0.4, -0.2) is 59.8 Å². The van der Waals surface area contributed by atoms with E-state index < -0.39 is 0 Å². The molecule has 1 saturated heterocycles. The van der Waals surface area contributed by atoms with E-state index in [1.165, 1.54) is 0 Å². The number of hydrogen-bond acceptors (Lipinski definition) is 4. The molecule has 1 aliphatic rings. The van der Waals surface area contributed by atoms with Crippen molar-refractivity contribution in [3.63, 3.8) is 0 Å². The van der Waals surface area contributed by atoms with Crippen LogP contribution >= 0.6 is 11.6 Å². The second-order valence-electron chi connectivity index (χ2n) is 8.05. The number of β-amino-alcohol motifs (C(OH)–C–C–N with tert-alkyl or cyclic N) is 1. The Bertz CT molecular complexity index is 982. The van der Waals surface area contributed by atoms with E-state index in [4.69, 9.17) is 16.7 Å². The van der Waals surface area contributed by atoms with E-state index >= 15 is 0 Å². The van der Waals surface area contributed by atoms with Crippen molar-refractivity contribution >= 4 is 28.9 Å². The van der Waals surface area contributed by atoms with Gasteiger partial charge in [0.15, 0.2) is 0 Å². The number of carbonyl (C=O) groups is 1. The third-order valence-corrected chi connectivity index (χ3v) is 6.18. The molecular formula is C25H29ClN4O2. The predicted molar refractivity (Wildman–Crippen MR) is 129 cm³/mol. The van der Waals surface area contributed by atoms with Crippen LogP contribution in [0.3, 0.4) is 0 Å². The Hall–Kier alpha value is -2.80. The van der Waals surface area contributed by atoms with E-state index in [1.54, 1.807) is 0 Å². The first-order valence-corrected chi connectivity index (χ1v) is 11.4. The minimum atomic E-state index is -0.100. The molecule has 1 atom stereocenters. The van der Waals surface area contributed by atoms with Crippen LogP contribution in [0.1, 0.15) is 18.0 Å². The highest BCUT2D eigenvalue weighted by Gasteiger charge is 2.19. The zero-order chi connectivity index (χ0) is 22.3. The number of nitrogens with zero attached hydrogens (tertiary/aromatic N) is 3. The van der Waals surface area contributed by atoms with E-state index in [0.717, 1.165) is 49.7 Å². The first kappa shape index (κ1) is 22.4. The highest BCUT2D eigenvalue weighted by Crippen LogP contribution is 2.25. The Morgan fingerprint density at radius 1 is 0.969 bits per heavy atom. The van der Waals surface area contributed by atoms with Crippen LogP contribution in [-0.2, 0) is 4.79 Å². The molecule has 32 heavy (non-hydrogen) atoms. The summed E-state index contributed by atoms with van der Waals surface area (Å²) in [7, 11) is 0. The Labute approximate surface area is 194 Å². The second kappa shape index (κ2) is 10.7. The van der Waals surface area contributed by atoms with E-state index in [1.807, 2.05) is 65.5 Å². The Morgan fingerprint density at radius 2 is 1.62 bits per heavy atom. The molecule has 6 nitrogen and oxygen atoms in total. The summed E-state index contributed by atoms with van der Waals surface area (Å²) in [5.74, 6) is -0.0379. The molecule has 1 aromatic heterocycles. The van der Waals surface area contributed by atoms with Crippen molar-refractivity contribution < 1.29 is 9.90 Å². The Balaban J connectivity index is 1.37. The number of anilines is 2. The highest BCUT2D eigenvalue weighted by molar-refractivity contribution is 6.30. The summed E-state index contributed by atoms with van der Waals surface area (Å²) in [4.78, 5) is 17.5. The number of nitrogens with one attached hydrogen (secondary N) is 1. The molecule has 4 rings (SSSR count).